The number of hydrogen-bond donors (Lipinski definition) is 2. The molecule has 0 amide bonds. The summed E-state index contributed by atoms with van der Waals surface area (Å²) in [6.07, 6.45) is 2.83. The standard InChI is InChI=1S/C11H18N4O4/c1-8(6-16)4-3-5-12-10-9(15(17)18)11(19-2)14-7-13-10/h7-8,16H,3-6H2,1-2H3,(H,12,13,14). The number of aliphatic hydroxyl groups excluding tert-OH is 1. The molecule has 0 saturated heterocycles. The number of ether oxygens (including phenoxy) is 1. The average molecular weight is 270 g/mol. The third kappa shape index (κ3) is 4.32. The van der Waals surface area contributed by atoms with E-state index in [2.05, 4.69) is 15.3 Å². The molecule has 0 aliphatic carbocycles. The van der Waals surface area contributed by atoms with Crippen molar-refractivity contribution in [3.8, 4) is 5.88 Å². The number of aromatic nitrogens is 2. The van der Waals surface area contributed by atoms with Gasteiger partial charge in [-0.05, 0) is 18.8 Å². The van der Waals surface area contributed by atoms with Crippen molar-refractivity contribution < 1.29 is 14.8 Å². The lowest BCUT2D eigenvalue weighted by atomic mass is 10.1. The number of methoxy groups -OCH3 is 1. The fourth-order valence-electron chi connectivity index (χ4n) is 1.55. The lowest BCUT2D eigenvalue weighted by Gasteiger charge is -2.09. The van der Waals surface area contributed by atoms with Gasteiger partial charge in [0, 0.05) is 13.2 Å². The van der Waals surface area contributed by atoms with Crippen LogP contribution in [0.5, 0.6) is 5.88 Å². The number of nitrogens with one attached hydrogen (secondary N) is 1. The zero-order valence-electron chi connectivity index (χ0n) is 11.0. The summed E-state index contributed by atoms with van der Waals surface area (Å²) in [7, 11) is 1.32. The van der Waals surface area contributed by atoms with Crippen LogP contribution in [0.2, 0.25) is 0 Å². The van der Waals surface area contributed by atoms with Crippen LogP contribution in [-0.4, -0.2) is 40.3 Å². The molecule has 0 radical (unpaired) electrons. The highest BCUT2D eigenvalue weighted by atomic mass is 16.6. The predicted octanol–water partition coefficient (Wildman–Crippen LogP) is 1.21. The Labute approximate surface area is 111 Å². The molecule has 8 heteroatoms. The summed E-state index contributed by atoms with van der Waals surface area (Å²) in [5.74, 6) is 0.302. The van der Waals surface area contributed by atoms with E-state index in [1.807, 2.05) is 6.92 Å². The Morgan fingerprint density at radius 3 is 2.89 bits per heavy atom. The van der Waals surface area contributed by atoms with Gasteiger partial charge in [-0.3, -0.25) is 10.1 Å². The van der Waals surface area contributed by atoms with Gasteiger partial charge in [-0.1, -0.05) is 6.92 Å². The van der Waals surface area contributed by atoms with Crippen molar-refractivity contribution in [2.75, 3.05) is 25.6 Å². The Kier molecular flexibility index (Phi) is 5.94. The fraction of sp³-hybridized carbons (Fsp3) is 0.636. The van der Waals surface area contributed by atoms with Crippen LogP contribution in [0.3, 0.4) is 0 Å². The van der Waals surface area contributed by atoms with E-state index in [1.165, 1.54) is 13.4 Å². The Hall–Kier alpha value is -1.96. The molecule has 19 heavy (non-hydrogen) atoms. The molecule has 106 valence electrons. The molecule has 0 saturated carbocycles. The predicted molar refractivity (Wildman–Crippen MR) is 69.2 cm³/mol. The Bertz CT molecular complexity index is 427. The Morgan fingerprint density at radius 2 is 2.32 bits per heavy atom. The van der Waals surface area contributed by atoms with Crippen molar-refractivity contribution in [3.05, 3.63) is 16.4 Å². The highest BCUT2D eigenvalue weighted by Gasteiger charge is 2.23. The van der Waals surface area contributed by atoms with E-state index in [-0.39, 0.29) is 29.9 Å². The monoisotopic (exact) mass is 270 g/mol. The lowest BCUT2D eigenvalue weighted by Crippen LogP contribution is -2.10. The fourth-order valence-corrected chi connectivity index (χ4v) is 1.55. The second-order valence-electron chi connectivity index (χ2n) is 4.19. The van der Waals surface area contributed by atoms with Gasteiger partial charge in [0.2, 0.25) is 5.82 Å². The molecule has 0 bridgehead atoms. The van der Waals surface area contributed by atoms with Crippen LogP contribution in [0.25, 0.3) is 0 Å². The molecule has 2 N–H and O–H groups in total. The summed E-state index contributed by atoms with van der Waals surface area (Å²) in [5.41, 5.74) is -0.264. The molecule has 1 aromatic heterocycles. The van der Waals surface area contributed by atoms with E-state index >= 15 is 0 Å². The van der Waals surface area contributed by atoms with E-state index in [4.69, 9.17) is 9.84 Å². The van der Waals surface area contributed by atoms with Crippen molar-refractivity contribution >= 4 is 11.5 Å². The molecular weight excluding hydrogens is 252 g/mol. The van der Waals surface area contributed by atoms with Crippen LogP contribution >= 0.6 is 0 Å². The van der Waals surface area contributed by atoms with Gasteiger partial charge in [0.05, 0.1) is 12.0 Å². The maximum absolute atomic E-state index is 11.0. The van der Waals surface area contributed by atoms with Crippen molar-refractivity contribution in [3.63, 3.8) is 0 Å². The molecule has 1 unspecified atom stereocenters. The smallest absolute Gasteiger partial charge is 0.372 e. The molecule has 0 aliphatic heterocycles. The Balaban J connectivity index is 2.65. The highest BCUT2D eigenvalue weighted by molar-refractivity contribution is 5.60. The molecule has 1 atom stereocenters. The minimum absolute atomic E-state index is 0.0637. The number of anilines is 1. The minimum atomic E-state index is -0.572. The van der Waals surface area contributed by atoms with E-state index < -0.39 is 4.92 Å². The van der Waals surface area contributed by atoms with Crippen molar-refractivity contribution in [1.29, 1.82) is 0 Å². The summed E-state index contributed by atoms with van der Waals surface area (Å²) < 4.78 is 4.84. The zero-order chi connectivity index (χ0) is 14.3. The molecule has 0 aromatic carbocycles. The number of aliphatic hydroxyl groups is 1. The van der Waals surface area contributed by atoms with Gasteiger partial charge < -0.3 is 15.2 Å². The third-order valence-electron chi connectivity index (χ3n) is 2.64. The van der Waals surface area contributed by atoms with Gasteiger partial charge in [0.1, 0.15) is 6.33 Å². The maximum atomic E-state index is 11.0. The first kappa shape index (κ1) is 15.1. The normalized spacial score (nSPS) is 11.9. The quantitative estimate of drug-likeness (QED) is 0.415. The Morgan fingerprint density at radius 1 is 1.58 bits per heavy atom. The first-order valence-corrected chi connectivity index (χ1v) is 5.98. The summed E-state index contributed by atoms with van der Waals surface area (Å²) in [6, 6.07) is 0. The van der Waals surface area contributed by atoms with Crippen LogP contribution in [0, 0.1) is 16.0 Å². The lowest BCUT2D eigenvalue weighted by molar-refractivity contribution is -0.385. The first-order chi connectivity index (χ1) is 9.10. The van der Waals surface area contributed by atoms with E-state index in [0.717, 1.165) is 12.8 Å². The second-order valence-corrected chi connectivity index (χ2v) is 4.19. The van der Waals surface area contributed by atoms with Gasteiger partial charge in [0.25, 0.3) is 5.88 Å². The SMILES string of the molecule is COc1ncnc(NCCCC(C)CO)c1[N+](=O)[O-]. The van der Waals surface area contributed by atoms with Crippen molar-refractivity contribution in [1.82, 2.24) is 9.97 Å². The summed E-state index contributed by atoms with van der Waals surface area (Å²) >= 11 is 0. The number of hydrogen-bond acceptors (Lipinski definition) is 7. The summed E-state index contributed by atoms with van der Waals surface area (Å²) in [4.78, 5) is 17.9. The number of nitro groups is 1. The molecule has 1 heterocycles. The molecule has 1 aromatic rings. The van der Waals surface area contributed by atoms with Gasteiger partial charge in [-0.2, -0.15) is 4.98 Å². The molecule has 8 nitrogen and oxygen atoms in total. The topological polar surface area (TPSA) is 110 Å². The average Bonchev–Trinajstić information content (AvgIpc) is 2.42. The van der Waals surface area contributed by atoms with Crippen LogP contribution in [0.1, 0.15) is 19.8 Å². The minimum Gasteiger partial charge on any atom is -0.476 e. The van der Waals surface area contributed by atoms with Gasteiger partial charge in [0.15, 0.2) is 0 Å². The molecule has 0 fully saturated rings. The van der Waals surface area contributed by atoms with Gasteiger partial charge in [-0.15, -0.1) is 0 Å². The summed E-state index contributed by atoms with van der Waals surface area (Å²) in [6.45, 7) is 2.61. The number of nitrogens with zero attached hydrogens (tertiary/aromatic N) is 3. The van der Waals surface area contributed by atoms with Crippen LogP contribution in [-0.2, 0) is 0 Å². The van der Waals surface area contributed by atoms with E-state index in [9.17, 15) is 10.1 Å². The van der Waals surface area contributed by atoms with Crippen LogP contribution in [0.15, 0.2) is 6.33 Å². The molecular formula is C11H18N4O4. The molecule has 0 aliphatic rings. The van der Waals surface area contributed by atoms with Gasteiger partial charge >= 0.3 is 5.69 Å². The molecule has 0 spiro atoms. The van der Waals surface area contributed by atoms with Crippen molar-refractivity contribution in [2.24, 2.45) is 5.92 Å². The number of rotatable bonds is 8. The second kappa shape index (κ2) is 7.47. The zero-order valence-corrected chi connectivity index (χ0v) is 11.0. The first-order valence-electron chi connectivity index (χ1n) is 5.98. The van der Waals surface area contributed by atoms with E-state index in [1.54, 1.807) is 0 Å². The maximum Gasteiger partial charge on any atom is 0.372 e. The largest absolute Gasteiger partial charge is 0.476 e. The third-order valence-corrected chi connectivity index (χ3v) is 2.64. The van der Waals surface area contributed by atoms with E-state index in [0.29, 0.717) is 6.54 Å². The summed E-state index contributed by atoms with van der Waals surface area (Å²) in [5, 5.41) is 22.7. The van der Waals surface area contributed by atoms with Crippen molar-refractivity contribution in [2.45, 2.75) is 19.8 Å². The highest BCUT2D eigenvalue weighted by Crippen LogP contribution is 2.30. The molecule has 1 rings (SSSR count). The van der Waals surface area contributed by atoms with Crippen LogP contribution < -0.4 is 10.1 Å². The van der Waals surface area contributed by atoms with Gasteiger partial charge in [-0.25, -0.2) is 4.98 Å². The van der Waals surface area contributed by atoms with Crippen LogP contribution in [0.4, 0.5) is 11.5 Å².